The Morgan fingerprint density at radius 1 is 1.53 bits per heavy atom. The molecule has 0 saturated heterocycles. The highest BCUT2D eigenvalue weighted by molar-refractivity contribution is 5.98. The van der Waals surface area contributed by atoms with E-state index >= 15 is 0 Å². The standard InChI is InChI=1S/C15H20N2O2/c1-3-5-9(2)13-10(8-16)15(17)19-12-7-4-6-11(18)14(12)13/h9,13H,3-7,17H2,1-2H3/t9-,13-/m0/s1. The average molecular weight is 260 g/mol. The summed E-state index contributed by atoms with van der Waals surface area (Å²) >= 11 is 0. The van der Waals surface area contributed by atoms with E-state index in [1.165, 1.54) is 0 Å². The first-order valence-corrected chi connectivity index (χ1v) is 6.94. The number of nitrogens with zero attached hydrogens (tertiary/aromatic N) is 1. The number of hydrogen-bond donors (Lipinski definition) is 1. The lowest BCUT2D eigenvalue weighted by Gasteiger charge is -2.33. The number of nitrogens with two attached hydrogens (primary N) is 1. The fraction of sp³-hybridized carbons (Fsp3) is 0.600. The maximum Gasteiger partial charge on any atom is 0.204 e. The number of carbonyl (C=O) groups is 1. The molecule has 1 heterocycles. The van der Waals surface area contributed by atoms with Crippen molar-refractivity contribution in [3.63, 3.8) is 0 Å². The van der Waals surface area contributed by atoms with E-state index in [2.05, 4.69) is 19.9 Å². The lowest BCUT2D eigenvalue weighted by molar-refractivity contribution is -0.117. The molecular weight excluding hydrogens is 240 g/mol. The molecule has 0 amide bonds. The normalized spacial score (nSPS) is 24.7. The Morgan fingerprint density at radius 3 is 2.89 bits per heavy atom. The summed E-state index contributed by atoms with van der Waals surface area (Å²) in [6.07, 6.45) is 4.09. The Bertz CT molecular complexity index is 497. The van der Waals surface area contributed by atoms with Crippen molar-refractivity contribution < 1.29 is 9.53 Å². The van der Waals surface area contributed by atoms with Crippen LogP contribution in [0.3, 0.4) is 0 Å². The van der Waals surface area contributed by atoms with Gasteiger partial charge in [-0.05, 0) is 12.3 Å². The number of ketones is 1. The molecule has 4 nitrogen and oxygen atoms in total. The molecule has 4 heteroatoms. The molecule has 2 rings (SSSR count). The van der Waals surface area contributed by atoms with E-state index < -0.39 is 0 Å². The first-order chi connectivity index (χ1) is 9.10. The van der Waals surface area contributed by atoms with Crippen LogP contribution in [0.2, 0.25) is 0 Å². The van der Waals surface area contributed by atoms with Gasteiger partial charge in [0.05, 0.1) is 5.57 Å². The lowest BCUT2D eigenvalue weighted by Crippen LogP contribution is -2.32. The number of hydrogen-bond acceptors (Lipinski definition) is 4. The number of allylic oxidation sites excluding steroid dienone is 3. The second-order valence-corrected chi connectivity index (χ2v) is 5.35. The number of carbonyl (C=O) groups excluding carboxylic acids is 1. The second kappa shape index (κ2) is 5.48. The fourth-order valence-corrected chi connectivity index (χ4v) is 3.09. The van der Waals surface area contributed by atoms with Gasteiger partial charge in [-0.2, -0.15) is 5.26 Å². The molecule has 19 heavy (non-hydrogen) atoms. The summed E-state index contributed by atoms with van der Waals surface area (Å²) in [5.74, 6) is 1.05. The van der Waals surface area contributed by atoms with Gasteiger partial charge in [0, 0.05) is 24.3 Å². The third kappa shape index (κ3) is 2.37. The number of ether oxygens (including phenoxy) is 1. The van der Waals surface area contributed by atoms with Gasteiger partial charge in [-0.1, -0.05) is 26.7 Å². The van der Waals surface area contributed by atoms with Crippen molar-refractivity contribution >= 4 is 5.78 Å². The molecule has 2 aliphatic rings. The van der Waals surface area contributed by atoms with Gasteiger partial charge in [0.25, 0.3) is 0 Å². The van der Waals surface area contributed by atoms with Crippen LogP contribution in [0.5, 0.6) is 0 Å². The minimum Gasteiger partial charge on any atom is -0.444 e. The van der Waals surface area contributed by atoms with Gasteiger partial charge in [-0.3, -0.25) is 4.79 Å². The molecule has 0 saturated carbocycles. The van der Waals surface area contributed by atoms with Gasteiger partial charge in [0.15, 0.2) is 5.78 Å². The molecule has 0 bridgehead atoms. The maximum atomic E-state index is 12.2. The molecule has 0 aromatic rings. The van der Waals surface area contributed by atoms with E-state index in [-0.39, 0.29) is 23.5 Å². The summed E-state index contributed by atoms with van der Waals surface area (Å²) in [5, 5.41) is 9.32. The zero-order chi connectivity index (χ0) is 14.0. The van der Waals surface area contributed by atoms with E-state index in [0.29, 0.717) is 23.3 Å². The van der Waals surface area contributed by atoms with E-state index in [0.717, 1.165) is 25.7 Å². The third-order valence-electron chi connectivity index (χ3n) is 3.96. The van der Waals surface area contributed by atoms with Gasteiger partial charge in [-0.15, -0.1) is 0 Å². The highest BCUT2D eigenvalue weighted by Crippen LogP contribution is 2.42. The highest BCUT2D eigenvalue weighted by Gasteiger charge is 2.39. The van der Waals surface area contributed by atoms with E-state index in [1.54, 1.807) is 0 Å². The maximum absolute atomic E-state index is 12.2. The van der Waals surface area contributed by atoms with Crippen molar-refractivity contribution in [1.82, 2.24) is 0 Å². The van der Waals surface area contributed by atoms with Crippen LogP contribution in [-0.4, -0.2) is 5.78 Å². The molecule has 0 aromatic heterocycles. The molecule has 0 fully saturated rings. The topological polar surface area (TPSA) is 76.1 Å². The number of nitriles is 1. The Labute approximate surface area is 113 Å². The van der Waals surface area contributed by atoms with Crippen LogP contribution >= 0.6 is 0 Å². The van der Waals surface area contributed by atoms with Crippen LogP contribution in [0.25, 0.3) is 0 Å². The first-order valence-electron chi connectivity index (χ1n) is 6.94. The second-order valence-electron chi connectivity index (χ2n) is 5.35. The van der Waals surface area contributed by atoms with Crippen LogP contribution in [-0.2, 0) is 9.53 Å². The summed E-state index contributed by atoms with van der Waals surface area (Å²) in [7, 11) is 0. The molecule has 1 aliphatic heterocycles. The minimum atomic E-state index is -0.179. The van der Waals surface area contributed by atoms with Gasteiger partial charge < -0.3 is 10.5 Å². The van der Waals surface area contributed by atoms with Crippen LogP contribution in [0.4, 0.5) is 0 Å². The summed E-state index contributed by atoms with van der Waals surface area (Å²) in [4.78, 5) is 12.2. The third-order valence-corrected chi connectivity index (χ3v) is 3.96. The zero-order valence-electron chi connectivity index (χ0n) is 11.5. The predicted octanol–water partition coefficient (Wildman–Crippen LogP) is 2.77. The Morgan fingerprint density at radius 2 is 2.26 bits per heavy atom. The SMILES string of the molecule is CCC[C@H](C)[C@H]1C(C#N)=C(N)OC2=C1C(=O)CCC2. The molecule has 0 spiro atoms. The van der Waals surface area contributed by atoms with Crippen LogP contribution in [0.1, 0.15) is 46.0 Å². The Kier molecular flexibility index (Phi) is 3.94. The molecule has 2 N–H and O–H groups in total. The average Bonchev–Trinajstić information content (AvgIpc) is 2.37. The van der Waals surface area contributed by atoms with E-state index in [4.69, 9.17) is 10.5 Å². The molecule has 0 radical (unpaired) electrons. The smallest absolute Gasteiger partial charge is 0.204 e. The van der Waals surface area contributed by atoms with Gasteiger partial charge in [0.2, 0.25) is 5.88 Å². The van der Waals surface area contributed by atoms with Crippen molar-refractivity contribution in [2.75, 3.05) is 0 Å². The van der Waals surface area contributed by atoms with Crippen LogP contribution in [0, 0.1) is 23.2 Å². The quantitative estimate of drug-likeness (QED) is 0.846. The van der Waals surface area contributed by atoms with Crippen molar-refractivity contribution in [3.05, 3.63) is 22.8 Å². The predicted molar refractivity (Wildman–Crippen MR) is 71.4 cm³/mol. The Hall–Kier alpha value is -1.76. The number of Topliss-reactive ketones (excluding diaryl/α,β-unsaturated/α-hetero) is 1. The summed E-state index contributed by atoms with van der Waals surface area (Å²) in [6.45, 7) is 4.18. The monoisotopic (exact) mass is 260 g/mol. The molecule has 0 aromatic carbocycles. The Balaban J connectivity index is 2.46. The summed E-state index contributed by atoms with van der Waals surface area (Å²) in [6, 6.07) is 2.14. The largest absolute Gasteiger partial charge is 0.444 e. The van der Waals surface area contributed by atoms with E-state index in [9.17, 15) is 10.1 Å². The van der Waals surface area contributed by atoms with Crippen LogP contribution in [0.15, 0.2) is 22.8 Å². The molecule has 1 aliphatic carbocycles. The van der Waals surface area contributed by atoms with Crippen molar-refractivity contribution in [1.29, 1.82) is 5.26 Å². The van der Waals surface area contributed by atoms with Crippen molar-refractivity contribution in [3.8, 4) is 6.07 Å². The highest BCUT2D eigenvalue weighted by atomic mass is 16.5. The van der Waals surface area contributed by atoms with Crippen molar-refractivity contribution in [2.45, 2.75) is 46.0 Å². The molecule has 0 unspecified atom stereocenters. The molecule has 2 atom stereocenters. The molecule has 102 valence electrons. The fourth-order valence-electron chi connectivity index (χ4n) is 3.09. The van der Waals surface area contributed by atoms with Gasteiger partial charge in [0.1, 0.15) is 11.8 Å². The van der Waals surface area contributed by atoms with Crippen molar-refractivity contribution in [2.24, 2.45) is 17.6 Å². The lowest BCUT2D eigenvalue weighted by atomic mass is 9.74. The summed E-state index contributed by atoms with van der Waals surface area (Å²) in [5.41, 5.74) is 6.99. The zero-order valence-corrected chi connectivity index (χ0v) is 11.5. The number of rotatable bonds is 3. The minimum absolute atomic E-state index is 0.120. The molecular formula is C15H20N2O2. The van der Waals surface area contributed by atoms with Gasteiger partial charge in [-0.25, -0.2) is 0 Å². The van der Waals surface area contributed by atoms with Gasteiger partial charge >= 0.3 is 0 Å². The first kappa shape index (κ1) is 13.7. The van der Waals surface area contributed by atoms with E-state index in [1.807, 2.05) is 0 Å². The summed E-state index contributed by atoms with van der Waals surface area (Å²) < 4.78 is 5.52. The van der Waals surface area contributed by atoms with Crippen LogP contribution < -0.4 is 5.73 Å².